The molecule has 1 heterocycles. The SMILES string of the molecule is C[N+]1=C(c2ccccc2)c2cc(Cl)ccc2OCC1. The molecule has 0 aromatic heterocycles. The van der Waals surface area contributed by atoms with Gasteiger partial charge in [-0.15, -0.1) is 0 Å². The number of rotatable bonds is 1. The molecule has 19 heavy (non-hydrogen) atoms. The summed E-state index contributed by atoms with van der Waals surface area (Å²) in [5, 5.41) is 0.728. The van der Waals surface area contributed by atoms with Crippen LogP contribution in [0.25, 0.3) is 0 Å². The first-order chi connectivity index (χ1) is 9.25. The van der Waals surface area contributed by atoms with Crippen molar-refractivity contribution in [3.63, 3.8) is 0 Å². The summed E-state index contributed by atoms with van der Waals surface area (Å²) in [4.78, 5) is 0. The number of nitrogens with zero attached hydrogens (tertiary/aromatic N) is 1. The minimum Gasteiger partial charge on any atom is -0.486 e. The lowest BCUT2D eigenvalue weighted by Gasteiger charge is -2.07. The molecule has 2 aromatic carbocycles. The van der Waals surface area contributed by atoms with Gasteiger partial charge < -0.3 is 4.74 Å². The maximum absolute atomic E-state index is 6.14. The van der Waals surface area contributed by atoms with E-state index < -0.39 is 0 Å². The zero-order chi connectivity index (χ0) is 13.2. The number of halogens is 1. The second kappa shape index (κ2) is 5.06. The second-order valence-corrected chi connectivity index (χ2v) is 5.06. The van der Waals surface area contributed by atoms with E-state index in [1.54, 1.807) is 0 Å². The van der Waals surface area contributed by atoms with Gasteiger partial charge in [0.1, 0.15) is 19.4 Å². The largest absolute Gasteiger partial charge is 0.486 e. The van der Waals surface area contributed by atoms with Crippen molar-refractivity contribution in [3.05, 3.63) is 64.7 Å². The first-order valence-electron chi connectivity index (χ1n) is 6.32. The van der Waals surface area contributed by atoms with E-state index in [4.69, 9.17) is 16.3 Å². The Morgan fingerprint density at radius 2 is 1.89 bits per heavy atom. The Labute approximate surface area is 117 Å². The van der Waals surface area contributed by atoms with E-state index in [9.17, 15) is 0 Å². The summed E-state index contributed by atoms with van der Waals surface area (Å²) >= 11 is 6.14. The normalized spacial score (nSPS) is 14.6. The molecule has 1 aliphatic rings. The monoisotopic (exact) mass is 272 g/mol. The van der Waals surface area contributed by atoms with Gasteiger partial charge in [-0.3, -0.25) is 0 Å². The van der Waals surface area contributed by atoms with E-state index in [1.807, 2.05) is 36.4 Å². The highest BCUT2D eigenvalue weighted by atomic mass is 35.5. The van der Waals surface area contributed by atoms with Crippen LogP contribution in [-0.4, -0.2) is 30.5 Å². The van der Waals surface area contributed by atoms with Crippen LogP contribution in [0.3, 0.4) is 0 Å². The van der Waals surface area contributed by atoms with Crippen molar-refractivity contribution in [1.29, 1.82) is 0 Å². The molecule has 0 aliphatic carbocycles. The molecule has 0 atom stereocenters. The van der Waals surface area contributed by atoms with Crippen LogP contribution in [0.5, 0.6) is 5.75 Å². The van der Waals surface area contributed by atoms with Crippen molar-refractivity contribution in [1.82, 2.24) is 0 Å². The second-order valence-electron chi connectivity index (χ2n) is 4.63. The fourth-order valence-electron chi connectivity index (χ4n) is 2.39. The molecular weight excluding hydrogens is 258 g/mol. The van der Waals surface area contributed by atoms with Crippen LogP contribution in [0.1, 0.15) is 11.1 Å². The van der Waals surface area contributed by atoms with Gasteiger partial charge in [0.15, 0.2) is 6.54 Å². The van der Waals surface area contributed by atoms with E-state index in [0.717, 1.165) is 28.6 Å². The first kappa shape index (κ1) is 12.2. The molecule has 2 aromatic rings. The number of benzene rings is 2. The molecule has 3 rings (SSSR count). The quantitative estimate of drug-likeness (QED) is 0.726. The summed E-state index contributed by atoms with van der Waals surface area (Å²) in [6.45, 7) is 1.54. The molecule has 1 aliphatic heterocycles. The van der Waals surface area contributed by atoms with Crippen molar-refractivity contribution in [3.8, 4) is 5.75 Å². The zero-order valence-corrected chi connectivity index (χ0v) is 11.5. The Balaban J connectivity index is 2.24. The molecule has 3 heteroatoms. The van der Waals surface area contributed by atoms with Crippen molar-refractivity contribution in [2.75, 3.05) is 20.2 Å². The predicted molar refractivity (Wildman–Crippen MR) is 77.7 cm³/mol. The maximum atomic E-state index is 6.14. The highest BCUT2D eigenvalue weighted by Gasteiger charge is 2.24. The number of likely N-dealkylation sites (N-methyl/N-ethyl adjacent to an activating group) is 1. The lowest BCUT2D eigenvalue weighted by atomic mass is 10.0. The molecule has 0 unspecified atom stereocenters. The zero-order valence-electron chi connectivity index (χ0n) is 10.8. The topological polar surface area (TPSA) is 12.2 Å². The van der Waals surface area contributed by atoms with E-state index in [2.05, 4.69) is 23.8 Å². The molecule has 0 amide bonds. The molecule has 0 bridgehead atoms. The Kier molecular flexibility index (Phi) is 3.26. The lowest BCUT2D eigenvalue weighted by molar-refractivity contribution is -0.496. The highest BCUT2D eigenvalue weighted by molar-refractivity contribution is 6.31. The van der Waals surface area contributed by atoms with Crippen LogP contribution in [-0.2, 0) is 0 Å². The Hall–Kier alpha value is -1.80. The predicted octanol–water partition coefficient (Wildman–Crippen LogP) is 3.21. The summed E-state index contributed by atoms with van der Waals surface area (Å²) in [5.41, 5.74) is 3.40. The van der Waals surface area contributed by atoms with Crippen LogP contribution < -0.4 is 4.74 Å². The molecular formula is C16H15ClNO+. The van der Waals surface area contributed by atoms with E-state index in [1.165, 1.54) is 5.56 Å². The molecule has 96 valence electrons. The Morgan fingerprint density at radius 1 is 1.11 bits per heavy atom. The van der Waals surface area contributed by atoms with Gasteiger partial charge in [-0.25, -0.2) is 4.58 Å². The van der Waals surface area contributed by atoms with Gasteiger partial charge in [-0.05, 0) is 30.3 Å². The standard InChI is InChI=1S/C16H15ClNO/c1-18-9-10-19-15-8-7-13(17)11-14(15)16(18)12-5-3-2-4-6-12/h2-8,11H,9-10H2,1H3/q+1. The third-order valence-corrected chi connectivity index (χ3v) is 3.55. The van der Waals surface area contributed by atoms with Gasteiger partial charge in [0, 0.05) is 10.6 Å². The summed E-state index contributed by atoms with van der Waals surface area (Å²) < 4.78 is 8.02. The molecule has 0 fully saturated rings. The Bertz CT molecular complexity index is 634. The van der Waals surface area contributed by atoms with Crippen LogP contribution in [0, 0.1) is 0 Å². The van der Waals surface area contributed by atoms with Crippen molar-refractivity contribution in [2.45, 2.75) is 0 Å². The lowest BCUT2D eigenvalue weighted by Crippen LogP contribution is -2.21. The average molecular weight is 273 g/mol. The number of hydrogen-bond donors (Lipinski definition) is 0. The highest BCUT2D eigenvalue weighted by Crippen LogP contribution is 2.27. The van der Waals surface area contributed by atoms with Crippen molar-refractivity contribution < 1.29 is 9.31 Å². The maximum Gasteiger partial charge on any atom is 0.218 e. The van der Waals surface area contributed by atoms with Gasteiger partial charge in [-0.1, -0.05) is 29.8 Å². The fraction of sp³-hybridized carbons (Fsp3) is 0.188. The Morgan fingerprint density at radius 3 is 2.68 bits per heavy atom. The fourth-order valence-corrected chi connectivity index (χ4v) is 2.57. The minimum absolute atomic E-state index is 0.682. The van der Waals surface area contributed by atoms with Gasteiger partial charge >= 0.3 is 0 Å². The number of fused-ring (bicyclic) bond motifs is 1. The minimum atomic E-state index is 0.682. The molecule has 0 saturated heterocycles. The summed E-state index contributed by atoms with van der Waals surface area (Å²) in [6, 6.07) is 16.1. The number of ether oxygens (including phenoxy) is 1. The summed E-state index contributed by atoms with van der Waals surface area (Å²) in [6.07, 6.45) is 0. The van der Waals surface area contributed by atoms with Crippen molar-refractivity contribution in [2.24, 2.45) is 0 Å². The van der Waals surface area contributed by atoms with Crippen molar-refractivity contribution >= 4 is 17.3 Å². The third-order valence-electron chi connectivity index (χ3n) is 3.31. The molecule has 2 nitrogen and oxygen atoms in total. The van der Waals surface area contributed by atoms with Crippen LogP contribution >= 0.6 is 11.6 Å². The van der Waals surface area contributed by atoms with Gasteiger partial charge in [0.25, 0.3) is 0 Å². The van der Waals surface area contributed by atoms with Crippen LogP contribution in [0.15, 0.2) is 48.5 Å². The summed E-state index contributed by atoms with van der Waals surface area (Å²) in [7, 11) is 2.09. The summed E-state index contributed by atoms with van der Waals surface area (Å²) in [5.74, 6) is 0.896. The van der Waals surface area contributed by atoms with E-state index in [-0.39, 0.29) is 0 Å². The molecule has 0 radical (unpaired) electrons. The van der Waals surface area contributed by atoms with Gasteiger partial charge in [0.05, 0.1) is 5.56 Å². The molecule has 0 N–H and O–H groups in total. The van der Waals surface area contributed by atoms with Gasteiger partial charge in [-0.2, -0.15) is 0 Å². The third kappa shape index (κ3) is 2.36. The average Bonchev–Trinajstić information content (AvgIpc) is 2.58. The number of hydrogen-bond acceptors (Lipinski definition) is 1. The first-order valence-corrected chi connectivity index (χ1v) is 6.70. The van der Waals surface area contributed by atoms with Crippen LogP contribution in [0.2, 0.25) is 5.02 Å². The molecule has 0 spiro atoms. The van der Waals surface area contributed by atoms with E-state index >= 15 is 0 Å². The molecule has 0 saturated carbocycles. The smallest absolute Gasteiger partial charge is 0.218 e. The van der Waals surface area contributed by atoms with Gasteiger partial charge in [0.2, 0.25) is 5.71 Å². The van der Waals surface area contributed by atoms with E-state index in [0.29, 0.717) is 6.61 Å². The van der Waals surface area contributed by atoms with Crippen LogP contribution in [0.4, 0.5) is 0 Å².